The van der Waals surface area contributed by atoms with E-state index in [-0.39, 0.29) is 0 Å². The van der Waals surface area contributed by atoms with Crippen LogP contribution >= 0.6 is 34.8 Å². The monoisotopic (exact) mass is 328 g/mol. The number of nitrogens with one attached hydrogen (secondary N) is 1. The van der Waals surface area contributed by atoms with Gasteiger partial charge in [-0.25, -0.2) is 0 Å². The van der Waals surface area contributed by atoms with Crippen LogP contribution in [0, 0.1) is 0 Å². The molecule has 3 N–H and O–H groups in total. The molecule has 20 heavy (non-hydrogen) atoms. The Morgan fingerprint density at radius 1 is 1.05 bits per heavy atom. The van der Waals surface area contributed by atoms with Crippen molar-refractivity contribution >= 4 is 46.4 Å². The normalized spacial score (nSPS) is 11.9. The van der Waals surface area contributed by atoms with E-state index < -0.39 is 11.9 Å². The summed E-state index contributed by atoms with van der Waals surface area (Å²) in [5.74, 6) is -0.575. The van der Waals surface area contributed by atoms with E-state index in [1.54, 1.807) is 42.5 Å². The Morgan fingerprint density at radius 2 is 1.75 bits per heavy atom. The van der Waals surface area contributed by atoms with Gasteiger partial charge in [-0.2, -0.15) is 0 Å². The second-order valence-electron chi connectivity index (χ2n) is 4.13. The van der Waals surface area contributed by atoms with Crippen LogP contribution in [0.25, 0.3) is 0 Å². The average molecular weight is 330 g/mol. The number of anilines is 1. The van der Waals surface area contributed by atoms with Crippen molar-refractivity contribution in [2.45, 2.75) is 6.04 Å². The summed E-state index contributed by atoms with van der Waals surface area (Å²) in [5, 5.41) is 4.33. The minimum absolute atomic E-state index is 0.401. The van der Waals surface area contributed by atoms with Crippen molar-refractivity contribution < 1.29 is 4.79 Å². The Hall–Kier alpha value is -1.42. The first kappa shape index (κ1) is 15.0. The van der Waals surface area contributed by atoms with Crippen LogP contribution in [0.4, 0.5) is 5.69 Å². The predicted octanol–water partition coefficient (Wildman–Crippen LogP) is 4.29. The van der Waals surface area contributed by atoms with Crippen LogP contribution in [0.15, 0.2) is 42.5 Å². The third-order valence-corrected chi connectivity index (χ3v) is 3.64. The molecule has 3 nitrogen and oxygen atoms in total. The number of rotatable bonds is 4. The lowest BCUT2D eigenvalue weighted by molar-refractivity contribution is -0.118. The zero-order valence-electron chi connectivity index (χ0n) is 10.2. The first-order valence-electron chi connectivity index (χ1n) is 5.74. The van der Waals surface area contributed by atoms with E-state index in [9.17, 15) is 4.79 Å². The zero-order chi connectivity index (χ0) is 14.7. The van der Waals surface area contributed by atoms with Crippen LogP contribution in [0.3, 0.4) is 0 Å². The highest BCUT2D eigenvalue weighted by atomic mass is 35.5. The van der Waals surface area contributed by atoms with E-state index in [0.29, 0.717) is 26.3 Å². The highest BCUT2D eigenvalue weighted by Crippen LogP contribution is 2.31. The largest absolute Gasteiger partial charge is 0.369 e. The Labute approximate surface area is 131 Å². The molecule has 0 radical (unpaired) electrons. The average Bonchev–Trinajstić information content (AvgIpc) is 2.40. The van der Waals surface area contributed by atoms with Gasteiger partial charge in [0, 0.05) is 15.6 Å². The van der Waals surface area contributed by atoms with Crippen LogP contribution < -0.4 is 11.1 Å². The van der Waals surface area contributed by atoms with E-state index in [1.165, 1.54) is 0 Å². The van der Waals surface area contributed by atoms with Gasteiger partial charge in [-0.15, -0.1) is 0 Å². The molecule has 0 bridgehead atoms. The van der Waals surface area contributed by atoms with Gasteiger partial charge in [0.2, 0.25) is 5.91 Å². The third-order valence-electron chi connectivity index (χ3n) is 2.73. The SMILES string of the molecule is NC(=O)C(Nc1ccccc1Cl)c1cc(Cl)ccc1Cl. The van der Waals surface area contributed by atoms with Crippen molar-refractivity contribution in [2.75, 3.05) is 5.32 Å². The molecular weight excluding hydrogens is 319 g/mol. The molecule has 1 amide bonds. The summed E-state index contributed by atoms with van der Waals surface area (Å²) in [5.41, 5.74) is 6.54. The first-order chi connectivity index (χ1) is 9.49. The molecule has 1 atom stereocenters. The topological polar surface area (TPSA) is 55.1 Å². The number of carbonyl (C=O) groups excluding carboxylic acids is 1. The number of halogens is 3. The fourth-order valence-electron chi connectivity index (χ4n) is 1.77. The molecule has 0 aliphatic rings. The highest BCUT2D eigenvalue weighted by molar-refractivity contribution is 6.34. The van der Waals surface area contributed by atoms with Crippen molar-refractivity contribution in [3.05, 3.63) is 63.1 Å². The maximum absolute atomic E-state index is 11.7. The number of benzene rings is 2. The Balaban J connectivity index is 2.40. The molecule has 0 fully saturated rings. The Morgan fingerprint density at radius 3 is 2.40 bits per heavy atom. The maximum atomic E-state index is 11.7. The van der Waals surface area contributed by atoms with E-state index in [1.807, 2.05) is 0 Å². The number of amides is 1. The number of hydrogen-bond acceptors (Lipinski definition) is 2. The summed E-state index contributed by atoms with van der Waals surface area (Å²) < 4.78 is 0. The van der Waals surface area contributed by atoms with Gasteiger partial charge in [0.25, 0.3) is 0 Å². The van der Waals surface area contributed by atoms with Crippen LogP contribution in [0.1, 0.15) is 11.6 Å². The summed E-state index contributed by atoms with van der Waals surface area (Å²) in [6, 6.07) is 11.1. The molecule has 2 rings (SSSR count). The molecule has 2 aromatic carbocycles. The summed E-state index contributed by atoms with van der Waals surface area (Å²) in [6.45, 7) is 0. The molecule has 2 aromatic rings. The molecule has 0 aliphatic carbocycles. The minimum atomic E-state index is -0.818. The van der Waals surface area contributed by atoms with E-state index in [2.05, 4.69) is 5.32 Å². The van der Waals surface area contributed by atoms with Gasteiger partial charge in [-0.05, 0) is 30.3 Å². The number of carbonyl (C=O) groups is 1. The molecule has 0 spiro atoms. The zero-order valence-corrected chi connectivity index (χ0v) is 12.5. The molecule has 1 unspecified atom stereocenters. The van der Waals surface area contributed by atoms with Gasteiger partial charge in [-0.3, -0.25) is 4.79 Å². The first-order valence-corrected chi connectivity index (χ1v) is 6.88. The quantitative estimate of drug-likeness (QED) is 0.879. The fraction of sp³-hybridized carbons (Fsp3) is 0.0714. The summed E-state index contributed by atoms with van der Waals surface area (Å²) >= 11 is 18.1. The van der Waals surface area contributed by atoms with E-state index in [4.69, 9.17) is 40.5 Å². The van der Waals surface area contributed by atoms with Crippen molar-refractivity contribution in [1.82, 2.24) is 0 Å². The Bertz CT molecular complexity index is 646. The van der Waals surface area contributed by atoms with Gasteiger partial charge < -0.3 is 11.1 Å². The highest BCUT2D eigenvalue weighted by Gasteiger charge is 2.21. The molecule has 0 heterocycles. The molecular formula is C14H11Cl3N2O. The summed E-state index contributed by atoms with van der Waals surface area (Å²) in [6.07, 6.45) is 0. The second-order valence-corrected chi connectivity index (χ2v) is 5.38. The fourth-order valence-corrected chi connectivity index (χ4v) is 2.37. The van der Waals surface area contributed by atoms with Crippen molar-refractivity contribution in [2.24, 2.45) is 5.73 Å². The molecule has 0 saturated heterocycles. The standard InChI is InChI=1S/C14H11Cl3N2O/c15-8-5-6-10(16)9(7-8)13(14(18)20)19-12-4-2-1-3-11(12)17/h1-7,13,19H,(H2,18,20). The smallest absolute Gasteiger partial charge is 0.244 e. The van der Waals surface area contributed by atoms with Crippen LogP contribution in [-0.4, -0.2) is 5.91 Å². The van der Waals surface area contributed by atoms with Gasteiger partial charge in [0.15, 0.2) is 0 Å². The molecule has 6 heteroatoms. The van der Waals surface area contributed by atoms with E-state index >= 15 is 0 Å². The van der Waals surface area contributed by atoms with Crippen molar-refractivity contribution in [3.63, 3.8) is 0 Å². The number of primary amides is 1. The van der Waals surface area contributed by atoms with E-state index in [0.717, 1.165) is 0 Å². The predicted molar refractivity (Wildman–Crippen MR) is 83.5 cm³/mol. The number of hydrogen-bond donors (Lipinski definition) is 2. The summed E-state index contributed by atoms with van der Waals surface area (Å²) in [7, 11) is 0. The van der Waals surface area contributed by atoms with Crippen molar-refractivity contribution in [1.29, 1.82) is 0 Å². The molecule has 0 aliphatic heterocycles. The van der Waals surface area contributed by atoms with Gasteiger partial charge in [0.1, 0.15) is 6.04 Å². The van der Waals surface area contributed by atoms with Crippen LogP contribution in [0.2, 0.25) is 15.1 Å². The van der Waals surface area contributed by atoms with Gasteiger partial charge >= 0.3 is 0 Å². The summed E-state index contributed by atoms with van der Waals surface area (Å²) in [4.78, 5) is 11.7. The molecule has 104 valence electrons. The lowest BCUT2D eigenvalue weighted by Crippen LogP contribution is -2.28. The van der Waals surface area contributed by atoms with Crippen molar-refractivity contribution in [3.8, 4) is 0 Å². The van der Waals surface area contributed by atoms with Crippen LogP contribution in [-0.2, 0) is 4.79 Å². The maximum Gasteiger partial charge on any atom is 0.244 e. The van der Waals surface area contributed by atoms with Gasteiger partial charge in [-0.1, -0.05) is 46.9 Å². The number of para-hydroxylation sites is 1. The Kier molecular flexibility index (Phi) is 4.76. The number of nitrogens with two attached hydrogens (primary N) is 1. The van der Waals surface area contributed by atoms with Crippen LogP contribution in [0.5, 0.6) is 0 Å². The lowest BCUT2D eigenvalue weighted by Gasteiger charge is -2.19. The van der Waals surface area contributed by atoms with Gasteiger partial charge in [0.05, 0.1) is 10.7 Å². The minimum Gasteiger partial charge on any atom is -0.369 e. The molecule has 0 aromatic heterocycles. The second kappa shape index (κ2) is 6.35. The molecule has 0 saturated carbocycles. The lowest BCUT2D eigenvalue weighted by atomic mass is 10.1. The third kappa shape index (κ3) is 3.37.